The molecule has 21 heavy (non-hydrogen) atoms. The van der Waals surface area contributed by atoms with Gasteiger partial charge in [0, 0.05) is 32.2 Å². The number of benzene rings is 1. The van der Waals surface area contributed by atoms with Crippen molar-refractivity contribution in [2.24, 2.45) is 4.99 Å². The summed E-state index contributed by atoms with van der Waals surface area (Å²) in [5.74, 6) is 0.915. The Morgan fingerprint density at radius 3 is 2.86 bits per heavy atom. The van der Waals surface area contributed by atoms with E-state index in [4.69, 9.17) is 0 Å². The highest BCUT2D eigenvalue weighted by Crippen LogP contribution is 2.15. The van der Waals surface area contributed by atoms with Crippen LogP contribution in [-0.2, 0) is 6.54 Å². The van der Waals surface area contributed by atoms with Gasteiger partial charge in [-0.2, -0.15) is 0 Å². The van der Waals surface area contributed by atoms with E-state index in [1.807, 2.05) is 19.3 Å². The molecule has 0 amide bonds. The summed E-state index contributed by atoms with van der Waals surface area (Å²) in [5, 5.41) is 5.81. The smallest absolute Gasteiger partial charge is 0.193 e. The SMILES string of the molecule is CCCCN(C)C(=NC)NCc1nccc2ccccc12. The van der Waals surface area contributed by atoms with Crippen molar-refractivity contribution >= 4 is 16.7 Å². The number of pyridine rings is 1. The molecule has 1 aromatic carbocycles. The third kappa shape index (κ3) is 3.94. The summed E-state index contributed by atoms with van der Waals surface area (Å²) in [6.07, 6.45) is 4.22. The number of nitrogens with one attached hydrogen (secondary N) is 1. The van der Waals surface area contributed by atoms with Crippen LogP contribution in [-0.4, -0.2) is 36.5 Å². The first kappa shape index (κ1) is 15.3. The number of nitrogens with zero attached hydrogens (tertiary/aromatic N) is 3. The molecule has 2 rings (SSSR count). The zero-order valence-electron chi connectivity index (χ0n) is 13.1. The van der Waals surface area contributed by atoms with E-state index < -0.39 is 0 Å². The minimum atomic E-state index is 0.685. The Bertz CT molecular complexity index is 601. The number of hydrogen-bond acceptors (Lipinski definition) is 2. The van der Waals surface area contributed by atoms with E-state index in [0.717, 1.165) is 18.2 Å². The van der Waals surface area contributed by atoms with E-state index in [9.17, 15) is 0 Å². The normalized spacial score (nSPS) is 11.7. The maximum absolute atomic E-state index is 4.50. The van der Waals surface area contributed by atoms with E-state index >= 15 is 0 Å². The van der Waals surface area contributed by atoms with Crippen molar-refractivity contribution < 1.29 is 0 Å². The fraction of sp³-hybridized carbons (Fsp3) is 0.412. The minimum absolute atomic E-state index is 0.685. The second-order valence-corrected chi connectivity index (χ2v) is 5.15. The molecule has 1 heterocycles. The molecule has 1 N–H and O–H groups in total. The molecule has 4 nitrogen and oxygen atoms in total. The predicted molar refractivity (Wildman–Crippen MR) is 89.5 cm³/mol. The number of fused-ring (bicyclic) bond motifs is 1. The highest BCUT2D eigenvalue weighted by Gasteiger charge is 2.07. The zero-order chi connectivity index (χ0) is 15.1. The topological polar surface area (TPSA) is 40.5 Å². The molecule has 0 bridgehead atoms. The molecule has 0 spiro atoms. The Labute approximate surface area is 126 Å². The third-order valence-corrected chi connectivity index (χ3v) is 3.59. The van der Waals surface area contributed by atoms with Gasteiger partial charge in [0.2, 0.25) is 0 Å². The Kier molecular flexibility index (Phi) is 5.55. The Hall–Kier alpha value is -2.10. The van der Waals surface area contributed by atoms with E-state index in [-0.39, 0.29) is 0 Å². The van der Waals surface area contributed by atoms with E-state index in [1.165, 1.54) is 23.6 Å². The lowest BCUT2D eigenvalue weighted by Gasteiger charge is -2.21. The number of hydrogen-bond donors (Lipinski definition) is 1. The lowest BCUT2D eigenvalue weighted by atomic mass is 10.1. The van der Waals surface area contributed by atoms with Crippen molar-refractivity contribution in [2.75, 3.05) is 20.6 Å². The van der Waals surface area contributed by atoms with Gasteiger partial charge < -0.3 is 10.2 Å². The van der Waals surface area contributed by atoms with Crippen molar-refractivity contribution in [3.05, 3.63) is 42.2 Å². The van der Waals surface area contributed by atoms with Crippen molar-refractivity contribution in [3.63, 3.8) is 0 Å². The molecule has 0 aliphatic carbocycles. The molecule has 0 unspecified atom stereocenters. The maximum atomic E-state index is 4.50. The van der Waals surface area contributed by atoms with Crippen LogP contribution in [0.3, 0.4) is 0 Å². The van der Waals surface area contributed by atoms with Crippen LogP contribution < -0.4 is 5.32 Å². The second-order valence-electron chi connectivity index (χ2n) is 5.15. The first-order valence-electron chi connectivity index (χ1n) is 7.50. The number of aromatic nitrogens is 1. The lowest BCUT2D eigenvalue weighted by Crippen LogP contribution is -2.39. The molecular formula is C17H24N4. The fourth-order valence-electron chi connectivity index (χ4n) is 2.37. The van der Waals surface area contributed by atoms with Gasteiger partial charge in [0.25, 0.3) is 0 Å². The van der Waals surface area contributed by atoms with Crippen molar-refractivity contribution in [1.82, 2.24) is 15.2 Å². The van der Waals surface area contributed by atoms with E-state index in [1.54, 1.807) is 0 Å². The minimum Gasteiger partial charge on any atom is -0.351 e. The monoisotopic (exact) mass is 284 g/mol. The quantitative estimate of drug-likeness (QED) is 0.677. The molecule has 0 saturated heterocycles. The highest BCUT2D eigenvalue weighted by atomic mass is 15.3. The number of rotatable bonds is 5. The summed E-state index contributed by atoms with van der Waals surface area (Å²) < 4.78 is 0. The molecule has 2 aromatic rings. The van der Waals surface area contributed by atoms with Gasteiger partial charge in [0.15, 0.2) is 5.96 Å². The lowest BCUT2D eigenvalue weighted by molar-refractivity contribution is 0.464. The largest absolute Gasteiger partial charge is 0.351 e. The molecule has 0 radical (unpaired) electrons. The van der Waals surface area contributed by atoms with Crippen LogP contribution in [0.1, 0.15) is 25.5 Å². The third-order valence-electron chi connectivity index (χ3n) is 3.59. The van der Waals surface area contributed by atoms with Crippen LogP contribution in [0.25, 0.3) is 10.8 Å². The van der Waals surface area contributed by atoms with Gasteiger partial charge in [0.1, 0.15) is 0 Å². The van der Waals surface area contributed by atoms with Crippen LogP contribution >= 0.6 is 0 Å². The molecule has 0 saturated carbocycles. The molecule has 0 aliphatic rings. The van der Waals surface area contributed by atoms with Gasteiger partial charge in [-0.3, -0.25) is 9.98 Å². The van der Waals surface area contributed by atoms with Crippen molar-refractivity contribution in [1.29, 1.82) is 0 Å². The van der Waals surface area contributed by atoms with Crippen molar-refractivity contribution in [3.8, 4) is 0 Å². The van der Waals surface area contributed by atoms with Gasteiger partial charge in [-0.1, -0.05) is 37.6 Å². The van der Waals surface area contributed by atoms with Crippen molar-refractivity contribution in [2.45, 2.75) is 26.3 Å². The molecule has 112 valence electrons. The van der Waals surface area contributed by atoms with Crippen LogP contribution in [0.5, 0.6) is 0 Å². The van der Waals surface area contributed by atoms with Crippen LogP contribution in [0, 0.1) is 0 Å². The van der Waals surface area contributed by atoms with Gasteiger partial charge in [-0.15, -0.1) is 0 Å². The van der Waals surface area contributed by atoms with E-state index in [0.29, 0.717) is 6.54 Å². The zero-order valence-corrected chi connectivity index (χ0v) is 13.1. The van der Waals surface area contributed by atoms with E-state index in [2.05, 4.69) is 58.4 Å². The summed E-state index contributed by atoms with van der Waals surface area (Å²) in [7, 11) is 3.89. The summed E-state index contributed by atoms with van der Waals surface area (Å²) in [4.78, 5) is 11.0. The Balaban J connectivity index is 2.07. The van der Waals surface area contributed by atoms with Crippen LogP contribution in [0.15, 0.2) is 41.5 Å². The molecule has 4 heteroatoms. The molecule has 0 atom stereocenters. The molecular weight excluding hydrogens is 260 g/mol. The fourth-order valence-corrected chi connectivity index (χ4v) is 2.37. The van der Waals surface area contributed by atoms with Crippen LogP contribution in [0.4, 0.5) is 0 Å². The Morgan fingerprint density at radius 2 is 2.10 bits per heavy atom. The Morgan fingerprint density at radius 1 is 1.29 bits per heavy atom. The summed E-state index contributed by atoms with van der Waals surface area (Å²) in [5.41, 5.74) is 1.05. The number of aliphatic imine (C=N–C) groups is 1. The van der Waals surface area contributed by atoms with Gasteiger partial charge in [-0.25, -0.2) is 0 Å². The average Bonchev–Trinajstić information content (AvgIpc) is 2.53. The number of guanidine groups is 1. The number of unbranched alkanes of at least 4 members (excludes halogenated alkanes) is 1. The summed E-state index contributed by atoms with van der Waals surface area (Å²) in [6, 6.07) is 10.4. The summed E-state index contributed by atoms with van der Waals surface area (Å²) in [6.45, 7) is 3.90. The maximum Gasteiger partial charge on any atom is 0.193 e. The standard InChI is InChI=1S/C17H24N4/c1-4-5-12-21(3)17(18-2)20-13-16-15-9-7-6-8-14(15)10-11-19-16/h6-11H,4-5,12-13H2,1-3H3,(H,18,20). The first-order valence-corrected chi connectivity index (χ1v) is 7.50. The molecule has 0 aliphatic heterocycles. The average molecular weight is 284 g/mol. The van der Waals surface area contributed by atoms with Gasteiger partial charge >= 0.3 is 0 Å². The second kappa shape index (κ2) is 7.62. The highest BCUT2D eigenvalue weighted by molar-refractivity contribution is 5.85. The molecule has 0 fully saturated rings. The van der Waals surface area contributed by atoms with Gasteiger partial charge in [0.05, 0.1) is 12.2 Å². The summed E-state index contributed by atoms with van der Waals surface area (Å²) >= 11 is 0. The van der Waals surface area contributed by atoms with Gasteiger partial charge in [-0.05, 0) is 17.9 Å². The predicted octanol–water partition coefficient (Wildman–Crippen LogP) is 3.04. The molecule has 1 aromatic heterocycles. The van der Waals surface area contributed by atoms with Crippen LogP contribution in [0.2, 0.25) is 0 Å². The first-order chi connectivity index (χ1) is 10.3.